The molecule has 2 aliphatic rings. The summed E-state index contributed by atoms with van der Waals surface area (Å²) in [5, 5.41) is 19.0. The SMILES string of the molecule is CCS(=O)(=O)c1nc(N2CCOC[C@@](C)(O)C2)c2c(n1)c(F)c(-c1c(C(F)(F)F)c(C)cc3c1cnn3C1CCCCO1)n1nccc21. The maximum Gasteiger partial charge on any atom is 0.417 e. The Balaban J connectivity index is 1.61. The average molecular weight is 692 g/mol. The molecule has 0 radical (unpaired) electrons. The van der Waals surface area contributed by atoms with E-state index in [1.54, 1.807) is 4.90 Å². The highest BCUT2D eigenvalue weighted by Crippen LogP contribution is 2.46. The molecule has 2 aliphatic heterocycles. The van der Waals surface area contributed by atoms with E-state index in [1.807, 2.05) is 0 Å². The molecule has 6 heterocycles. The molecule has 0 saturated carbocycles. The van der Waals surface area contributed by atoms with Crippen molar-refractivity contribution in [3.05, 3.63) is 41.5 Å². The summed E-state index contributed by atoms with van der Waals surface area (Å²) in [6.45, 7) is 4.88. The van der Waals surface area contributed by atoms with Crippen molar-refractivity contribution in [1.82, 2.24) is 29.4 Å². The van der Waals surface area contributed by atoms with Crippen LogP contribution < -0.4 is 4.90 Å². The number of aryl methyl sites for hydroxylation is 1. The van der Waals surface area contributed by atoms with Gasteiger partial charge in [-0.25, -0.2) is 32.0 Å². The summed E-state index contributed by atoms with van der Waals surface area (Å²) >= 11 is 0. The molecule has 48 heavy (non-hydrogen) atoms. The lowest BCUT2D eigenvalue weighted by Crippen LogP contribution is -2.42. The number of alkyl halides is 3. The number of sulfone groups is 1. The van der Waals surface area contributed by atoms with Gasteiger partial charge in [-0.15, -0.1) is 0 Å². The third kappa shape index (κ3) is 5.36. The summed E-state index contributed by atoms with van der Waals surface area (Å²) in [6, 6.07) is 2.84. The van der Waals surface area contributed by atoms with Crippen LogP contribution in [0.1, 0.15) is 50.5 Å². The molecule has 17 heteroatoms. The Hall–Kier alpha value is -3.93. The van der Waals surface area contributed by atoms with Crippen molar-refractivity contribution in [1.29, 1.82) is 0 Å². The maximum atomic E-state index is 17.3. The van der Waals surface area contributed by atoms with Gasteiger partial charge in [-0.3, -0.25) is 0 Å². The minimum Gasteiger partial charge on any atom is -0.386 e. The first-order valence-electron chi connectivity index (χ1n) is 15.6. The first-order chi connectivity index (χ1) is 22.7. The maximum absolute atomic E-state index is 17.3. The van der Waals surface area contributed by atoms with Crippen LogP contribution >= 0.6 is 0 Å². The first-order valence-corrected chi connectivity index (χ1v) is 17.2. The third-order valence-electron chi connectivity index (χ3n) is 8.85. The highest BCUT2D eigenvalue weighted by molar-refractivity contribution is 7.91. The van der Waals surface area contributed by atoms with Gasteiger partial charge in [0.1, 0.15) is 22.6 Å². The van der Waals surface area contributed by atoms with Gasteiger partial charge >= 0.3 is 6.18 Å². The molecule has 5 aromatic rings. The van der Waals surface area contributed by atoms with Crippen LogP contribution in [0.5, 0.6) is 0 Å². The average Bonchev–Trinajstić information content (AvgIpc) is 3.65. The van der Waals surface area contributed by atoms with Crippen LogP contribution in [0, 0.1) is 12.7 Å². The number of hydrogen-bond donors (Lipinski definition) is 1. The molecular weight excluding hydrogens is 658 g/mol. The number of benzene rings is 1. The number of ether oxygens (including phenoxy) is 2. The van der Waals surface area contributed by atoms with Crippen LogP contribution in [0.2, 0.25) is 0 Å². The topological polar surface area (TPSA) is 137 Å². The van der Waals surface area contributed by atoms with Gasteiger partial charge in [0.2, 0.25) is 15.0 Å². The van der Waals surface area contributed by atoms with E-state index in [9.17, 15) is 26.7 Å². The molecule has 2 saturated heterocycles. The Morgan fingerprint density at radius 1 is 1.15 bits per heavy atom. The lowest BCUT2D eigenvalue weighted by molar-refractivity contribution is -0.137. The van der Waals surface area contributed by atoms with Crippen molar-refractivity contribution in [2.75, 3.05) is 43.6 Å². The molecule has 12 nitrogen and oxygen atoms in total. The number of hydrogen-bond acceptors (Lipinski definition) is 10. The predicted molar refractivity (Wildman–Crippen MR) is 167 cm³/mol. The van der Waals surface area contributed by atoms with Crippen molar-refractivity contribution in [3.8, 4) is 11.3 Å². The van der Waals surface area contributed by atoms with Crippen LogP contribution in [0.15, 0.2) is 29.7 Å². The summed E-state index contributed by atoms with van der Waals surface area (Å²) in [7, 11) is -4.14. The Bertz CT molecular complexity index is 2180. The smallest absolute Gasteiger partial charge is 0.386 e. The second-order valence-electron chi connectivity index (χ2n) is 12.5. The molecular formula is C31H33F4N7O5S. The molecule has 256 valence electrons. The highest BCUT2D eigenvalue weighted by Gasteiger charge is 2.40. The number of rotatable bonds is 5. The van der Waals surface area contributed by atoms with Crippen molar-refractivity contribution < 1.29 is 40.6 Å². The minimum absolute atomic E-state index is 0.00791. The van der Waals surface area contributed by atoms with E-state index >= 15 is 4.39 Å². The Labute approximate surface area is 272 Å². The summed E-state index contributed by atoms with van der Waals surface area (Å²) < 4.78 is 103. The fourth-order valence-electron chi connectivity index (χ4n) is 6.67. The van der Waals surface area contributed by atoms with E-state index in [0.29, 0.717) is 18.5 Å². The molecule has 0 amide bonds. The summed E-state index contributed by atoms with van der Waals surface area (Å²) in [5.41, 5.74) is -3.80. The van der Waals surface area contributed by atoms with Crippen molar-refractivity contribution in [2.24, 2.45) is 0 Å². The van der Waals surface area contributed by atoms with Gasteiger partial charge in [0.15, 0.2) is 12.0 Å². The fourth-order valence-corrected chi connectivity index (χ4v) is 7.38. The number of fused-ring (bicyclic) bond motifs is 4. The number of nitrogens with zero attached hydrogens (tertiary/aromatic N) is 7. The second kappa shape index (κ2) is 11.6. The number of aromatic nitrogens is 6. The van der Waals surface area contributed by atoms with Gasteiger partial charge in [0.05, 0.1) is 59.9 Å². The van der Waals surface area contributed by atoms with Crippen molar-refractivity contribution in [3.63, 3.8) is 0 Å². The Morgan fingerprint density at radius 2 is 1.94 bits per heavy atom. The lowest BCUT2D eigenvalue weighted by atomic mass is 9.94. The zero-order chi connectivity index (χ0) is 34.2. The van der Waals surface area contributed by atoms with Crippen molar-refractivity contribution in [2.45, 2.75) is 63.2 Å². The monoisotopic (exact) mass is 691 g/mol. The van der Waals surface area contributed by atoms with Crippen LogP contribution in [-0.4, -0.2) is 87.2 Å². The van der Waals surface area contributed by atoms with Gasteiger partial charge < -0.3 is 19.5 Å². The van der Waals surface area contributed by atoms with E-state index in [4.69, 9.17) is 9.47 Å². The molecule has 2 atom stereocenters. The molecule has 2 fully saturated rings. The van der Waals surface area contributed by atoms with E-state index in [0.717, 1.165) is 17.4 Å². The first kappa shape index (κ1) is 32.6. The normalized spacial score (nSPS) is 21.4. The zero-order valence-electron chi connectivity index (χ0n) is 26.4. The van der Waals surface area contributed by atoms with E-state index in [2.05, 4.69) is 20.2 Å². The summed E-state index contributed by atoms with van der Waals surface area (Å²) in [6.07, 6.45) is -0.591. The molecule has 7 rings (SSSR count). The Morgan fingerprint density at radius 3 is 2.65 bits per heavy atom. The fraction of sp³-hybridized carbons (Fsp3) is 0.484. The Kier molecular flexibility index (Phi) is 7.88. The van der Waals surface area contributed by atoms with Gasteiger partial charge in [-0.1, -0.05) is 6.92 Å². The number of β-amino-alcohol motifs (C(OH)–C–C–N with tert-alkyl or cyclic N) is 1. The molecule has 1 N–H and O–H groups in total. The molecule has 1 aromatic carbocycles. The standard InChI is InChI=1S/C31H33F4N7O5S/c1-4-48(44,45)29-38-26-23(28(39-29)40-10-12-46-16-30(3,43)15-40)19-8-9-36-42(19)27(25(26)32)22-18-14-37-41(21-7-5-6-11-47-21)20(18)13-17(2)24(22)31(33,34)35/h8-9,13-14,21,43H,4-7,10-12,15-16H2,1-3H3/t21?,30-/m0/s1. The summed E-state index contributed by atoms with van der Waals surface area (Å²) in [5.74, 6) is -1.67. The van der Waals surface area contributed by atoms with Gasteiger partial charge in [0.25, 0.3) is 0 Å². The van der Waals surface area contributed by atoms with Gasteiger partial charge in [-0.05, 0) is 50.8 Å². The zero-order valence-corrected chi connectivity index (χ0v) is 27.2. The largest absolute Gasteiger partial charge is 0.417 e. The third-order valence-corrected chi connectivity index (χ3v) is 10.4. The number of pyridine rings is 1. The van der Waals surface area contributed by atoms with Crippen LogP contribution in [0.25, 0.3) is 38.6 Å². The second-order valence-corrected chi connectivity index (χ2v) is 14.7. The van der Waals surface area contributed by atoms with E-state index in [-0.39, 0.29) is 54.0 Å². The molecule has 0 aliphatic carbocycles. The van der Waals surface area contributed by atoms with Crippen LogP contribution in [0.4, 0.5) is 23.4 Å². The van der Waals surface area contributed by atoms with Crippen LogP contribution in [-0.2, 0) is 25.5 Å². The van der Waals surface area contributed by atoms with E-state index in [1.165, 1.54) is 50.0 Å². The highest BCUT2D eigenvalue weighted by atomic mass is 32.2. The molecule has 0 bridgehead atoms. The molecule has 0 spiro atoms. The summed E-state index contributed by atoms with van der Waals surface area (Å²) in [4.78, 5) is 10.1. The molecule has 4 aromatic heterocycles. The van der Waals surface area contributed by atoms with Crippen molar-refractivity contribution >= 4 is 43.0 Å². The van der Waals surface area contributed by atoms with Gasteiger partial charge in [0, 0.05) is 24.1 Å². The molecule has 1 unspecified atom stereocenters. The lowest BCUT2D eigenvalue weighted by Gasteiger charge is -2.29. The van der Waals surface area contributed by atoms with E-state index < -0.39 is 66.9 Å². The number of halogens is 4. The predicted octanol–water partition coefficient (Wildman–Crippen LogP) is 4.84. The van der Waals surface area contributed by atoms with Crippen LogP contribution in [0.3, 0.4) is 0 Å². The minimum atomic E-state index is -4.93. The van der Waals surface area contributed by atoms with Gasteiger partial charge in [-0.2, -0.15) is 23.4 Å². The quantitative estimate of drug-likeness (QED) is 0.201. The number of aliphatic hydroxyl groups is 1. The number of anilines is 1.